The van der Waals surface area contributed by atoms with E-state index in [0.29, 0.717) is 13.1 Å². The Morgan fingerprint density at radius 3 is 2.52 bits per heavy atom. The molecule has 0 spiro atoms. The zero-order valence-electron chi connectivity index (χ0n) is 15.5. The second kappa shape index (κ2) is 8.64. The maximum atomic E-state index is 12.1. The Kier molecular flexibility index (Phi) is 7.48. The van der Waals surface area contributed by atoms with Crippen molar-refractivity contribution in [3.8, 4) is 0 Å². The van der Waals surface area contributed by atoms with Gasteiger partial charge in [-0.25, -0.2) is 9.78 Å². The minimum absolute atomic E-state index is 0.234. The van der Waals surface area contributed by atoms with Crippen molar-refractivity contribution in [3.63, 3.8) is 0 Å². The summed E-state index contributed by atoms with van der Waals surface area (Å²) in [6, 6.07) is 0.290. The highest BCUT2D eigenvalue weighted by Crippen LogP contribution is 2.24. The molecular formula is C17H31N3O2S. The molecule has 1 aromatic heterocycles. The first-order valence-electron chi connectivity index (χ1n) is 8.29. The molecule has 0 saturated heterocycles. The summed E-state index contributed by atoms with van der Waals surface area (Å²) in [6.45, 7) is 16.1. The van der Waals surface area contributed by atoms with Crippen molar-refractivity contribution < 1.29 is 9.53 Å². The van der Waals surface area contributed by atoms with Crippen LogP contribution in [0.3, 0.4) is 0 Å². The van der Waals surface area contributed by atoms with Crippen LogP contribution in [0.2, 0.25) is 0 Å². The van der Waals surface area contributed by atoms with Crippen LogP contribution in [0.15, 0.2) is 0 Å². The van der Waals surface area contributed by atoms with E-state index in [2.05, 4.69) is 24.1 Å². The van der Waals surface area contributed by atoms with E-state index in [1.807, 2.05) is 34.6 Å². The van der Waals surface area contributed by atoms with Crippen LogP contribution in [0.4, 0.5) is 4.79 Å². The van der Waals surface area contributed by atoms with Gasteiger partial charge < -0.3 is 15.0 Å². The fraction of sp³-hybridized carbons (Fsp3) is 0.765. The maximum absolute atomic E-state index is 12.1. The number of aromatic nitrogens is 1. The standard InChI is InChI=1S/C17H31N3O2S/c1-8-20(16(21)22-17(5,6)7)11-9-10-18-12(2)15-13(3)19-14(4)23-15/h12,18H,8-11H2,1-7H3. The molecule has 0 fully saturated rings. The van der Waals surface area contributed by atoms with E-state index in [0.717, 1.165) is 23.7 Å². The molecule has 1 N–H and O–H groups in total. The molecule has 0 aliphatic carbocycles. The van der Waals surface area contributed by atoms with Crippen LogP contribution < -0.4 is 5.32 Å². The highest BCUT2D eigenvalue weighted by atomic mass is 32.1. The van der Waals surface area contributed by atoms with E-state index < -0.39 is 5.60 Å². The Bertz CT molecular complexity index is 508. The maximum Gasteiger partial charge on any atom is 0.410 e. The number of thiazole rings is 1. The summed E-state index contributed by atoms with van der Waals surface area (Å²) >= 11 is 1.74. The van der Waals surface area contributed by atoms with Gasteiger partial charge in [0.2, 0.25) is 0 Å². The van der Waals surface area contributed by atoms with Crippen LogP contribution in [0.25, 0.3) is 0 Å². The van der Waals surface area contributed by atoms with Crippen LogP contribution in [0.5, 0.6) is 0 Å². The molecule has 1 rings (SSSR count). The first kappa shape index (κ1) is 19.9. The predicted molar refractivity (Wildman–Crippen MR) is 96.1 cm³/mol. The molecule has 1 unspecified atom stereocenters. The zero-order valence-corrected chi connectivity index (χ0v) is 16.3. The summed E-state index contributed by atoms with van der Waals surface area (Å²) in [5.41, 5.74) is 0.662. The van der Waals surface area contributed by atoms with E-state index in [-0.39, 0.29) is 12.1 Å². The van der Waals surface area contributed by atoms with Crippen molar-refractivity contribution in [2.75, 3.05) is 19.6 Å². The van der Waals surface area contributed by atoms with Crippen LogP contribution in [-0.2, 0) is 4.74 Å². The quantitative estimate of drug-likeness (QED) is 0.760. The average molecular weight is 342 g/mol. The second-order valence-corrected chi connectivity index (χ2v) is 8.01. The summed E-state index contributed by atoms with van der Waals surface area (Å²) in [4.78, 5) is 19.6. The molecule has 0 aromatic carbocycles. The Balaban J connectivity index is 2.37. The van der Waals surface area contributed by atoms with E-state index in [1.54, 1.807) is 16.2 Å². The third kappa shape index (κ3) is 6.87. The molecular weight excluding hydrogens is 310 g/mol. The molecule has 0 aliphatic heterocycles. The van der Waals surface area contributed by atoms with Crippen LogP contribution >= 0.6 is 11.3 Å². The third-order valence-electron chi connectivity index (χ3n) is 3.42. The lowest BCUT2D eigenvalue weighted by molar-refractivity contribution is 0.0258. The van der Waals surface area contributed by atoms with Crippen molar-refractivity contribution in [1.82, 2.24) is 15.2 Å². The first-order chi connectivity index (χ1) is 10.6. The van der Waals surface area contributed by atoms with Gasteiger partial charge in [-0.3, -0.25) is 0 Å². The van der Waals surface area contributed by atoms with Gasteiger partial charge in [0, 0.05) is 24.0 Å². The number of aryl methyl sites for hydroxylation is 2. The predicted octanol–water partition coefficient (Wildman–Crippen LogP) is 4.06. The van der Waals surface area contributed by atoms with Crippen LogP contribution in [-0.4, -0.2) is 41.2 Å². The van der Waals surface area contributed by atoms with Gasteiger partial charge in [0.1, 0.15) is 5.60 Å². The van der Waals surface area contributed by atoms with Crippen molar-refractivity contribution in [1.29, 1.82) is 0 Å². The van der Waals surface area contributed by atoms with E-state index >= 15 is 0 Å². The number of rotatable bonds is 7. The Morgan fingerprint density at radius 2 is 2.04 bits per heavy atom. The Morgan fingerprint density at radius 1 is 1.39 bits per heavy atom. The largest absolute Gasteiger partial charge is 0.444 e. The van der Waals surface area contributed by atoms with Gasteiger partial charge in [-0.2, -0.15) is 0 Å². The smallest absolute Gasteiger partial charge is 0.410 e. The number of ether oxygens (including phenoxy) is 1. The summed E-state index contributed by atoms with van der Waals surface area (Å²) in [6.07, 6.45) is 0.663. The highest BCUT2D eigenvalue weighted by molar-refractivity contribution is 7.11. The van der Waals surface area contributed by atoms with E-state index in [9.17, 15) is 4.79 Å². The van der Waals surface area contributed by atoms with E-state index in [1.165, 1.54) is 4.88 Å². The molecule has 23 heavy (non-hydrogen) atoms. The molecule has 1 atom stereocenters. The van der Waals surface area contributed by atoms with Crippen molar-refractivity contribution >= 4 is 17.4 Å². The molecule has 6 heteroatoms. The molecule has 1 aromatic rings. The highest BCUT2D eigenvalue weighted by Gasteiger charge is 2.20. The van der Waals surface area contributed by atoms with Crippen molar-refractivity contribution in [3.05, 3.63) is 15.6 Å². The fourth-order valence-electron chi connectivity index (χ4n) is 2.33. The SMILES string of the molecule is CCN(CCCNC(C)c1sc(C)nc1C)C(=O)OC(C)(C)C. The number of nitrogens with one attached hydrogen (secondary N) is 1. The second-order valence-electron chi connectivity index (χ2n) is 6.77. The Hall–Kier alpha value is -1.14. The lowest BCUT2D eigenvalue weighted by Gasteiger charge is -2.26. The molecule has 1 amide bonds. The van der Waals surface area contributed by atoms with Gasteiger partial charge in [-0.15, -0.1) is 11.3 Å². The lowest BCUT2D eigenvalue weighted by Crippen LogP contribution is -2.38. The molecule has 132 valence electrons. The van der Waals surface area contributed by atoms with Crippen molar-refractivity contribution in [2.24, 2.45) is 0 Å². The van der Waals surface area contributed by atoms with Gasteiger partial charge in [-0.05, 0) is 61.4 Å². The van der Waals surface area contributed by atoms with Gasteiger partial charge >= 0.3 is 6.09 Å². The van der Waals surface area contributed by atoms with Gasteiger partial charge in [0.15, 0.2) is 0 Å². The number of amides is 1. The topological polar surface area (TPSA) is 54.5 Å². The summed E-state index contributed by atoms with van der Waals surface area (Å²) in [5, 5.41) is 4.62. The van der Waals surface area contributed by atoms with Gasteiger partial charge in [0.05, 0.1) is 10.7 Å². The summed E-state index contributed by atoms with van der Waals surface area (Å²) in [7, 11) is 0. The zero-order chi connectivity index (χ0) is 17.6. The Labute approximate surface area is 144 Å². The molecule has 0 aliphatic rings. The number of carbonyl (C=O) groups is 1. The number of nitrogens with zero attached hydrogens (tertiary/aromatic N) is 2. The normalized spacial score (nSPS) is 13.0. The average Bonchev–Trinajstić information content (AvgIpc) is 2.75. The monoisotopic (exact) mass is 341 g/mol. The van der Waals surface area contributed by atoms with Crippen molar-refractivity contribution in [2.45, 2.75) is 66.5 Å². The van der Waals surface area contributed by atoms with Gasteiger partial charge in [0.25, 0.3) is 0 Å². The number of carbonyl (C=O) groups excluding carboxylic acids is 1. The van der Waals surface area contributed by atoms with E-state index in [4.69, 9.17) is 4.74 Å². The molecule has 0 saturated carbocycles. The molecule has 0 radical (unpaired) electrons. The number of hydrogen-bond donors (Lipinski definition) is 1. The first-order valence-corrected chi connectivity index (χ1v) is 9.11. The number of hydrogen-bond acceptors (Lipinski definition) is 5. The summed E-state index contributed by atoms with van der Waals surface area (Å²) < 4.78 is 5.42. The minimum atomic E-state index is -0.446. The fourth-order valence-corrected chi connectivity index (χ4v) is 3.29. The van der Waals surface area contributed by atoms with Gasteiger partial charge in [-0.1, -0.05) is 0 Å². The lowest BCUT2D eigenvalue weighted by atomic mass is 10.2. The summed E-state index contributed by atoms with van der Waals surface area (Å²) in [5.74, 6) is 0. The molecule has 5 nitrogen and oxygen atoms in total. The van der Waals surface area contributed by atoms with Crippen LogP contribution in [0.1, 0.15) is 62.7 Å². The third-order valence-corrected chi connectivity index (χ3v) is 4.68. The molecule has 1 heterocycles. The minimum Gasteiger partial charge on any atom is -0.444 e. The van der Waals surface area contributed by atoms with Crippen LogP contribution in [0, 0.1) is 13.8 Å². The molecule has 0 bridgehead atoms.